The molecule has 0 aromatic heterocycles. The highest BCUT2D eigenvalue weighted by Crippen LogP contribution is 2.87. The molecule has 4 fully saturated rings. The molecule has 4 saturated carbocycles. The number of allylic oxidation sites excluding steroid dienone is 2. The Hall–Kier alpha value is -0.830. The molecular formula is C30H50O3. The molecule has 188 valence electrons. The van der Waals surface area contributed by atoms with Gasteiger partial charge in [-0.25, -0.2) is 0 Å². The van der Waals surface area contributed by atoms with Gasteiger partial charge in [-0.2, -0.15) is 0 Å². The molecule has 0 saturated heterocycles. The van der Waals surface area contributed by atoms with Crippen molar-refractivity contribution in [3.63, 3.8) is 0 Å². The largest absolute Gasteiger partial charge is 0.481 e. The second-order valence-electron chi connectivity index (χ2n) is 13.6. The van der Waals surface area contributed by atoms with Gasteiger partial charge in [0, 0.05) is 13.0 Å². The van der Waals surface area contributed by atoms with Crippen LogP contribution < -0.4 is 0 Å². The number of hydrogen-bond acceptors (Lipinski definition) is 2. The van der Waals surface area contributed by atoms with E-state index in [1.54, 1.807) is 0 Å². The van der Waals surface area contributed by atoms with Crippen molar-refractivity contribution < 1.29 is 15.0 Å². The van der Waals surface area contributed by atoms with E-state index in [0.29, 0.717) is 28.6 Å². The Kier molecular flexibility index (Phi) is 6.65. The van der Waals surface area contributed by atoms with Crippen LogP contribution in [0.4, 0.5) is 0 Å². The lowest BCUT2D eigenvalue weighted by Crippen LogP contribution is -2.54. The van der Waals surface area contributed by atoms with Crippen molar-refractivity contribution in [3.8, 4) is 0 Å². The SMILES string of the molecule is CC(C)=CCC[C@@H](C)[C@H]1CC[C@@]2(C)[C@@H]3CC[C@@H]([C@H](C)CO)[C@@]4(CCC(=O)O)C[C@@]34CC[C@]12C. The molecule has 3 nitrogen and oxygen atoms in total. The quantitative estimate of drug-likeness (QED) is 0.352. The summed E-state index contributed by atoms with van der Waals surface area (Å²) in [6.07, 6.45) is 15.0. The smallest absolute Gasteiger partial charge is 0.303 e. The molecule has 0 amide bonds. The number of aliphatic hydroxyl groups excluding tert-OH is 1. The molecular weight excluding hydrogens is 408 g/mol. The van der Waals surface area contributed by atoms with Gasteiger partial charge in [0.05, 0.1) is 0 Å². The maximum atomic E-state index is 11.6. The monoisotopic (exact) mass is 458 g/mol. The summed E-state index contributed by atoms with van der Waals surface area (Å²) in [4.78, 5) is 11.6. The van der Waals surface area contributed by atoms with Crippen LogP contribution in [0.15, 0.2) is 11.6 Å². The van der Waals surface area contributed by atoms with Gasteiger partial charge < -0.3 is 10.2 Å². The van der Waals surface area contributed by atoms with E-state index in [1.165, 1.54) is 63.4 Å². The molecule has 0 aliphatic heterocycles. The Morgan fingerprint density at radius 3 is 2.36 bits per heavy atom. The number of hydrogen-bond donors (Lipinski definition) is 2. The maximum Gasteiger partial charge on any atom is 0.303 e. The molecule has 0 aromatic carbocycles. The molecule has 4 rings (SSSR count). The molecule has 0 aromatic rings. The van der Waals surface area contributed by atoms with Crippen LogP contribution in [0.2, 0.25) is 0 Å². The molecule has 2 N–H and O–H groups in total. The first-order chi connectivity index (χ1) is 15.5. The Balaban J connectivity index is 1.60. The molecule has 0 heterocycles. The molecule has 0 radical (unpaired) electrons. The van der Waals surface area contributed by atoms with Gasteiger partial charge in [0.2, 0.25) is 0 Å². The summed E-state index contributed by atoms with van der Waals surface area (Å²) < 4.78 is 0. The highest BCUT2D eigenvalue weighted by Gasteiger charge is 2.80. The van der Waals surface area contributed by atoms with Crippen molar-refractivity contribution in [3.05, 3.63) is 11.6 Å². The van der Waals surface area contributed by atoms with Gasteiger partial charge in [0.15, 0.2) is 0 Å². The van der Waals surface area contributed by atoms with E-state index in [1.807, 2.05) is 0 Å². The zero-order valence-corrected chi connectivity index (χ0v) is 22.3. The van der Waals surface area contributed by atoms with Gasteiger partial charge in [-0.05, 0) is 129 Å². The summed E-state index contributed by atoms with van der Waals surface area (Å²) in [6, 6.07) is 0. The van der Waals surface area contributed by atoms with Crippen LogP contribution in [-0.2, 0) is 4.79 Å². The Bertz CT molecular complexity index is 783. The summed E-state index contributed by atoms with van der Waals surface area (Å²) in [7, 11) is 0. The number of rotatable bonds is 9. The normalized spacial score (nSPS) is 45.4. The molecule has 4 aliphatic rings. The van der Waals surface area contributed by atoms with Crippen LogP contribution in [0.3, 0.4) is 0 Å². The first kappa shape index (κ1) is 25.3. The number of carbonyl (C=O) groups is 1. The van der Waals surface area contributed by atoms with E-state index in [2.05, 4.69) is 47.6 Å². The number of fused-ring (bicyclic) bond motifs is 2. The molecule has 0 bridgehead atoms. The summed E-state index contributed by atoms with van der Waals surface area (Å²) >= 11 is 0. The second kappa shape index (κ2) is 8.68. The van der Waals surface area contributed by atoms with E-state index < -0.39 is 5.97 Å². The third-order valence-corrected chi connectivity index (χ3v) is 12.2. The van der Waals surface area contributed by atoms with Gasteiger partial charge in [0.25, 0.3) is 0 Å². The third-order valence-electron chi connectivity index (χ3n) is 12.2. The minimum Gasteiger partial charge on any atom is -0.481 e. The molecule has 3 heteroatoms. The van der Waals surface area contributed by atoms with Crippen LogP contribution in [0.1, 0.15) is 112 Å². The molecule has 33 heavy (non-hydrogen) atoms. The van der Waals surface area contributed by atoms with E-state index in [9.17, 15) is 15.0 Å². The summed E-state index contributed by atoms with van der Waals surface area (Å²) in [6.45, 7) is 14.6. The zero-order chi connectivity index (χ0) is 24.2. The van der Waals surface area contributed by atoms with Gasteiger partial charge in [-0.15, -0.1) is 0 Å². The van der Waals surface area contributed by atoms with Crippen molar-refractivity contribution in [1.82, 2.24) is 0 Å². The van der Waals surface area contributed by atoms with Crippen molar-refractivity contribution in [2.75, 3.05) is 6.61 Å². The van der Waals surface area contributed by atoms with E-state index in [4.69, 9.17) is 0 Å². The predicted octanol–water partition coefficient (Wildman–Crippen LogP) is 7.48. The lowest BCUT2D eigenvalue weighted by molar-refractivity contribution is -0.141. The van der Waals surface area contributed by atoms with Crippen LogP contribution in [0.5, 0.6) is 0 Å². The van der Waals surface area contributed by atoms with Gasteiger partial charge in [-0.1, -0.05) is 39.3 Å². The van der Waals surface area contributed by atoms with Crippen molar-refractivity contribution in [1.29, 1.82) is 0 Å². The van der Waals surface area contributed by atoms with Crippen LogP contribution in [-0.4, -0.2) is 22.8 Å². The summed E-state index contributed by atoms with van der Waals surface area (Å²) in [5.74, 6) is 2.43. The minimum atomic E-state index is -0.651. The lowest BCUT2D eigenvalue weighted by atomic mass is 9.43. The first-order valence-corrected chi connectivity index (χ1v) is 13.9. The Labute approximate surface area is 202 Å². The average molecular weight is 459 g/mol. The first-order valence-electron chi connectivity index (χ1n) is 13.9. The topological polar surface area (TPSA) is 57.5 Å². The fourth-order valence-electron chi connectivity index (χ4n) is 10.4. The zero-order valence-electron chi connectivity index (χ0n) is 22.3. The van der Waals surface area contributed by atoms with Gasteiger partial charge in [0.1, 0.15) is 0 Å². The third kappa shape index (κ3) is 3.66. The highest BCUT2D eigenvalue weighted by molar-refractivity contribution is 5.66. The van der Waals surface area contributed by atoms with Crippen molar-refractivity contribution in [2.24, 2.45) is 51.2 Å². The van der Waals surface area contributed by atoms with Crippen molar-refractivity contribution >= 4 is 5.97 Å². The van der Waals surface area contributed by atoms with E-state index >= 15 is 0 Å². The van der Waals surface area contributed by atoms with Crippen LogP contribution in [0, 0.1) is 51.2 Å². The Morgan fingerprint density at radius 2 is 1.73 bits per heavy atom. The summed E-state index contributed by atoms with van der Waals surface area (Å²) in [5.41, 5.74) is 2.71. The second-order valence-corrected chi connectivity index (χ2v) is 13.6. The number of carboxylic acids is 1. The number of aliphatic hydroxyl groups is 1. The highest BCUT2D eigenvalue weighted by atomic mass is 16.4. The van der Waals surface area contributed by atoms with Gasteiger partial charge >= 0.3 is 5.97 Å². The molecule has 0 unspecified atom stereocenters. The van der Waals surface area contributed by atoms with E-state index in [-0.39, 0.29) is 17.9 Å². The molecule has 9 atom stereocenters. The van der Waals surface area contributed by atoms with Gasteiger partial charge in [-0.3, -0.25) is 4.79 Å². The molecule has 1 spiro atoms. The predicted molar refractivity (Wildman–Crippen MR) is 135 cm³/mol. The minimum absolute atomic E-state index is 0.161. The fourth-order valence-corrected chi connectivity index (χ4v) is 10.4. The maximum absolute atomic E-state index is 11.6. The standard InChI is InChI=1S/C30H50O3/c1-20(2)8-7-9-21(3)23-12-14-28(6)25-11-10-24(22(4)18-31)29(15-13-26(32)33)19-30(25,29)17-16-27(23,28)5/h8,21-25,31H,7,9-19H2,1-6H3,(H,32,33)/t21-,22-,23-,24+,25+,27-,28+,29-,30+/m1/s1. The number of aliphatic carboxylic acids is 1. The van der Waals surface area contributed by atoms with Crippen LogP contribution >= 0.6 is 0 Å². The van der Waals surface area contributed by atoms with Crippen LogP contribution in [0.25, 0.3) is 0 Å². The number of carboxylic acid groups (broad SMARTS) is 1. The van der Waals surface area contributed by atoms with E-state index in [0.717, 1.165) is 24.2 Å². The van der Waals surface area contributed by atoms with Crippen molar-refractivity contribution in [2.45, 2.75) is 112 Å². The average Bonchev–Trinajstić information content (AvgIpc) is 3.35. The Morgan fingerprint density at radius 1 is 1.00 bits per heavy atom. The fraction of sp³-hybridized carbons (Fsp3) is 0.900. The lowest BCUT2D eigenvalue weighted by Gasteiger charge is -2.61. The summed E-state index contributed by atoms with van der Waals surface area (Å²) in [5, 5.41) is 19.6. The molecule has 4 aliphatic carbocycles.